The van der Waals surface area contributed by atoms with E-state index < -0.39 is 15.8 Å². The fourth-order valence-corrected chi connectivity index (χ4v) is 3.45. The van der Waals surface area contributed by atoms with Crippen molar-refractivity contribution >= 4 is 21.6 Å². The number of hydrogen-bond acceptors (Lipinski definition) is 3. The number of carbonyl (C=O) groups is 1. The number of carbonyl (C=O) groups excluding carboxylic acids is 1. The Balaban J connectivity index is 2.18. The number of hydrogen-bond donors (Lipinski definition) is 2. The molecule has 0 saturated carbocycles. The second-order valence-electron chi connectivity index (χ2n) is 5.80. The normalized spacial score (nSPS) is 12.4. The molecule has 0 bridgehead atoms. The van der Waals surface area contributed by atoms with Crippen LogP contribution in [0, 0.1) is 5.82 Å². The summed E-state index contributed by atoms with van der Waals surface area (Å²) in [5.74, 6) is -0.775. The van der Waals surface area contributed by atoms with Crippen LogP contribution in [0.3, 0.4) is 0 Å². The van der Waals surface area contributed by atoms with Crippen molar-refractivity contribution in [2.45, 2.75) is 37.6 Å². The molecule has 134 valence electrons. The Morgan fingerprint density at radius 2 is 1.84 bits per heavy atom. The molecule has 2 rings (SSSR count). The predicted octanol–water partition coefficient (Wildman–Crippen LogP) is 3.54. The molecule has 2 N–H and O–H groups in total. The highest BCUT2D eigenvalue weighted by Crippen LogP contribution is 2.17. The lowest BCUT2D eigenvalue weighted by atomic mass is 10.1. The van der Waals surface area contributed by atoms with Gasteiger partial charge in [0.1, 0.15) is 5.82 Å². The summed E-state index contributed by atoms with van der Waals surface area (Å²) in [7, 11) is -3.87. The van der Waals surface area contributed by atoms with Gasteiger partial charge < -0.3 is 5.32 Å². The van der Waals surface area contributed by atoms with E-state index in [0.717, 1.165) is 25.0 Å². The maximum Gasteiger partial charge on any atom is 0.261 e. The number of nitrogens with one attached hydrogen (secondary N) is 2. The van der Waals surface area contributed by atoms with Crippen LogP contribution in [0.1, 0.15) is 37.0 Å². The standard InChI is InChI=1S/C18H21FN2O3S/c1-3-5-13(2)20-18(22)14-6-4-7-17(12-14)25(23,24)21-16-10-8-15(19)9-11-16/h4,6-13,21H,3,5H2,1-2H3,(H,20,22)/t13-/m0/s1. The Kier molecular flexibility index (Phi) is 6.14. The fourth-order valence-electron chi connectivity index (χ4n) is 2.35. The summed E-state index contributed by atoms with van der Waals surface area (Å²) in [6, 6.07) is 10.8. The topological polar surface area (TPSA) is 75.3 Å². The number of halogens is 1. The molecule has 0 unspecified atom stereocenters. The molecular weight excluding hydrogens is 343 g/mol. The van der Waals surface area contributed by atoms with Crippen molar-refractivity contribution in [1.82, 2.24) is 5.32 Å². The minimum Gasteiger partial charge on any atom is -0.350 e. The predicted molar refractivity (Wildman–Crippen MR) is 95.5 cm³/mol. The largest absolute Gasteiger partial charge is 0.350 e. The zero-order valence-electron chi connectivity index (χ0n) is 14.1. The van der Waals surface area contributed by atoms with E-state index in [1.165, 1.54) is 30.3 Å². The lowest BCUT2D eigenvalue weighted by Crippen LogP contribution is -2.32. The molecule has 1 amide bonds. The molecule has 0 spiro atoms. The number of benzene rings is 2. The Hall–Kier alpha value is -2.41. The third kappa shape index (κ3) is 5.29. The third-order valence-corrected chi connectivity index (χ3v) is 4.98. The molecule has 5 nitrogen and oxygen atoms in total. The summed E-state index contributed by atoms with van der Waals surface area (Å²) in [5, 5.41) is 2.84. The van der Waals surface area contributed by atoms with E-state index >= 15 is 0 Å². The first-order chi connectivity index (χ1) is 11.8. The molecule has 2 aromatic rings. The Morgan fingerprint density at radius 1 is 1.16 bits per heavy atom. The first-order valence-electron chi connectivity index (χ1n) is 8.01. The van der Waals surface area contributed by atoms with Gasteiger partial charge in [0.2, 0.25) is 0 Å². The summed E-state index contributed by atoms with van der Waals surface area (Å²) >= 11 is 0. The first kappa shape index (κ1) is 18.9. The molecule has 1 atom stereocenters. The second kappa shape index (κ2) is 8.11. The summed E-state index contributed by atoms with van der Waals surface area (Å²) < 4.78 is 40.2. The fraction of sp³-hybridized carbons (Fsp3) is 0.278. The van der Waals surface area contributed by atoms with Crippen molar-refractivity contribution in [3.63, 3.8) is 0 Å². The maximum atomic E-state index is 12.9. The molecule has 0 fully saturated rings. The van der Waals surface area contributed by atoms with Gasteiger partial charge >= 0.3 is 0 Å². The number of amides is 1. The highest BCUT2D eigenvalue weighted by molar-refractivity contribution is 7.92. The van der Waals surface area contributed by atoms with Gasteiger partial charge in [0.25, 0.3) is 15.9 Å². The molecule has 0 heterocycles. The number of rotatable bonds is 7. The molecule has 0 aromatic heterocycles. The lowest BCUT2D eigenvalue weighted by molar-refractivity contribution is 0.0938. The quantitative estimate of drug-likeness (QED) is 0.789. The minimum absolute atomic E-state index is 0.00936. The average molecular weight is 364 g/mol. The summed E-state index contributed by atoms with van der Waals surface area (Å²) in [4.78, 5) is 12.2. The molecule has 2 aromatic carbocycles. The highest BCUT2D eigenvalue weighted by Gasteiger charge is 2.17. The molecule has 0 aliphatic rings. The number of anilines is 1. The maximum absolute atomic E-state index is 12.9. The van der Waals surface area contributed by atoms with Crippen LogP contribution < -0.4 is 10.0 Å². The zero-order valence-corrected chi connectivity index (χ0v) is 14.9. The van der Waals surface area contributed by atoms with Gasteiger partial charge in [0, 0.05) is 17.3 Å². The average Bonchev–Trinajstić information content (AvgIpc) is 2.57. The van der Waals surface area contributed by atoms with Crippen LogP contribution in [0.5, 0.6) is 0 Å². The molecule has 25 heavy (non-hydrogen) atoms. The SMILES string of the molecule is CCC[C@H](C)NC(=O)c1cccc(S(=O)(=O)Nc2ccc(F)cc2)c1. The summed E-state index contributed by atoms with van der Waals surface area (Å²) in [5.41, 5.74) is 0.512. The Labute approximate surface area is 147 Å². The van der Waals surface area contributed by atoms with Crippen molar-refractivity contribution in [2.24, 2.45) is 0 Å². The van der Waals surface area contributed by atoms with E-state index in [1.807, 2.05) is 13.8 Å². The number of sulfonamides is 1. The molecule has 0 saturated heterocycles. The molecule has 0 aliphatic carbocycles. The highest BCUT2D eigenvalue weighted by atomic mass is 32.2. The van der Waals surface area contributed by atoms with Gasteiger partial charge in [-0.3, -0.25) is 9.52 Å². The van der Waals surface area contributed by atoms with Gasteiger partial charge in [0.05, 0.1) is 4.90 Å². The van der Waals surface area contributed by atoms with Crippen molar-refractivity contribution < 1.29 is 17.6 Å². The van der Waals surface area contributed by atoms with Crippen molar-refractivity contribution in [1.29, 1.82) is 0 Å². The van der Waals surface area contributed by atoms with Crippen molar-refractivity contribution in [3.8, 4) is 0 Å². The Morgan fingerprint density at radius 3 is 2.48 bits per heavy atom. The summed E-state index contributed by atoms with van der Waals surface area (Å²) in [6.45, 7) is 3.93. The van der Waals surface area contributed by atoms with Gasteiger partial charge in [-0.05, 0) is 55.8 Å². The first-order valence-corrected chi connectivity index (χ1v) is 9.49. The van der Waals surface area contributed by atoms with Gasteiger partial charge in [-0.25, -0.2) is 12.8 Å². The molecule has 7 heteroatoms. The molecular formula is C18H21FN2O3S. The monoisotopic (exact) mass is 364 g/mol. The van der Waals surface area contributed by atoms with E-state index in [2.05, 4.69) is 10.0 Å². The zero-order chi connectivity index (χ0) is 18.4. The van der Waals surface area contributed by atoms with Crippen molar-refractivity contribution in [2.75, 3.05) is 4.72 Å². The van der Waals surface area contributed by atoms with Crippen LogP contribution in [0.2, 0.25) is 0 Å². The van der Waals surface area contributed by atoms with E-state index in [4.69, 9.17) is 0 Å². The molecule has 0 aliphatic heterocycles. The van der Waals surface area contributed by atoms with Crippen LogP contribution in [0.25, 0.3) is 0 Å². The third-order valence-electron chi connectivity index (χ3n) is 3.60. The lowest BCUT2D eigenvalue weighted by Gasteiger charge is -2.13. The van der Waals surface area contributed by atoms with E-state index in [1.54, 1.807) is 6.07 Å². The van der Waals surface area contributed by atoms with Crippen LogP contribution in [0.4, 0.5) is 10.1 Å². The van der Waals surface area contributed by atoms with E-state index in [-0.39, 0.29) is 28.1 Å². The van der Waals surface area contributed by atoms with E-state index in [9.17, 15) is 17.6 Å². The van der Waals surface area contributed by atoms with Crippen LogP contribution in [0.15, 0.2) is 53.4 Å². The van der Waals surface area contributed by atoms with Crippen LogP contribution >= 0.6 is 0 Å². The minimum atomic E-state index is -3.87. The van der Waals surface area contributed by atoms with Crippen LogP contribution in [-0.4, -0.2) is 20.4 Å². The van der Waals surface area contributed by atoms with Gasteiger partial charge in [-0.1, -0.05) is 19.4 Å². The van der Waals surface area contributed by atoms with Gasteiger partial charge in [-0.15, -0.1) is 0 Å². The van der Waals surface area contributed by atoms with Crippen molar-refractivity contribution in [3.05, 3.63) is 59.9 Å². The second-order valence-corrected chi connectivity index (χ2v) is 7.49. The van der Waals surface area contributed by atoms with E-state index in [0.29, 0.717) is 0 Å². The Bertz CT molecular complexity index is 836. The van der Waals surface area contributed by atoms with Crippen LogP contribution in [-0.2, 0) is 10.0 Å². The molecule has 0 radical (unpaired) electrons. The van der Waals surface area contributed by atoms with Gasteiger partial charge in [-0.2, -0.15) is 0 Å². The van der Waals surface area contributed by atoms with Gasteiger partial charge in [0.15, 0.2) is 0 Å². The summed E-state index contributed by atoms with van der Waals surface area (Å²) in [6.07, 6.45) is 1.79. The smallest absolute Gasteiger partial charge is 0.261 e.